The number of nitrogens with one attached hydrogen (secondary N) is 1. The Kier molecular flexibility index (Phi) is 5.85. The molecule has 2 aromatic carbocycles. The van der Waals surface area contributed by atoms with Gasteiger partial charge in [-0.15, -0.1) is 0 Å². The third kappa shape index (κ3) is 4.75. The zero-order chi connectivity index (χ0) is 21.0. The molecule has 0 aliphatic carbocycles. The second kappa shape index (κ2) is 8.50. The number of nitrogens with zero attached hydrogens (tertiary/aromatic N) is 2. The summed E-state index contributed by atoms with van der Waals surface area (Å²) in [5.74, 6) is -0.474. The van der Waals surface area contributed by atoms with E-state index >= 15 is 0 Å². The molecule has 7 nitrogen and oxygen atoms in total. The molecule has 0 bridgehead atoms. The molecule has 144 valence electrons. The molecule has 0 fully saturated rings. The SMILES string of the molecule is N#C/C(=C\c1ccc(-c2ccc([N+](=O)[O-])cc2Br)o1)C(=O)Nc1ccc(F)cc1. The number of nitro benzene ring substituents is 1. The highest BCUT2D eigenvalue weighted by Gasteiger charge is 2.15. The van der Waals surface area contributed by atoms with Crippen molar-refractivity contribution in [1.29, 1.82) is 5.26 Å². The Bertz CT molecular complexity index is 1160. The molecule has 1 aromatic heterocycles. The zero-order valence-electron chi connectivity index (χ0n) is 14.6. The van der Waals surface area contributed by atoms with Crippen molar-refractivity contribution in [2.24, 2.45) is 0 Å². The van der Waals surface area contributed by atoms with E-state index in [1.807, 2.05) is 0 Å². The molecule has 9 heteroatoms. The average Bonchev–Trinajstić information content (AvgIpc) is 3.16. The normalized spacial score (nSPS) is 11.0. The topological polar surface area (TPSA) is 109 Å². The number of hydrogen-bond donors (Lipinski definition) is 1. The van der Waals surface area contributed by atoms with Crippen LogP contribution in [0.15, 0.2) is 69.1 Å². The fourth-order valence-electron chi connectivity index (χ4n) is 2.42. The number of benzene rings is 2. The Morgan fingerprint density at radius 1 is 1.21 bits per heavy atom. The van der Waals surface area contributed by atoms with E-state index in [0.717, 1.165) is 0 Å². The van der Waals surface area contributed by atoms with Crippen molar-refractivity contribution in [2.45, 2.75) is 0 Å². The lowest BCUT2D eigenvalue weighted by Gasteiger charge is -2.03. The summed E-state index contributed by atoms with van der Waals surface area (Å²) in [5.41, 5.74) is 0.631. The molecule has 0 aliphatic rings. The van der Waals surface area contributed by atoms with Crippen molar-refractivity contribution < 1.29 is 18.5 Å². The summed E-state index contributed by atoms with van der Waals surface area (Å²) in [6.07, 6.45) is 1.27. The molecule has 0 unspecified atom stereocenters. The maximum Gasteiger partial charge on any atom is 0.270 e. The van der Waals surface area contributed by atoms with Gasteiger partial charge in [0.15, 0.2) is 0 Å². The van der Waals surface area contributed by atoms with E-state index in [0.29, 0.717) is 21.5 Å². The standard InChI is InChI=1S/C20H11BrFN3O4/c21-18-10-15(25(27)28)5-7-17(18)19-8-6-16(29-19)9-12(11-23)20(26)24-14-3-1-13(22)2-4-14/h1-10H,(H,24,26)/b12-9+. The zero-order valence-corrected chi connectivity index (χ0v) is 16.1. The first-order valence-electron chi connectivity index (χ1n) is 8.10. The van der Waals surface area contributed by atoms with Gasteiger partial charge in [0, 0.05) is 33.9 Å². The van der Waals surface area contributed by atoms with Gasteiger partial charge in [-0.25, -0.2) is 4.39 Å². The molecule has 0 saturated heterocycles. The van der Waals surface area contributed by atoms with Gasteiger partial charge in [-0.1, -0.05) is 0 Å². The maximum absolute atomic E-state index is 12.9. The van der Waals surface area contributed by atoms with Crippen LogP contribution in [0.1, 0.15) is 5.76 Å². The lowest BCUT2D eigenvalue weighted by atomic mass is 10.1. The number of carbonyl (C=O) groups is 1. The van der Waals surface area contributed by atoms with Gasteiger partial charge in [-0.3, -0.25) is 14.9 Å². The maximum atomic E-state index is 12.9. The lowest BCUT2D eigenvalue weighted by Crippen LogP contribution is -2.13. The number of amides is 1. The molecule has 3 aromatic rings. The van der Waals surface area contributed by atoms with Gasteiger partial charge in [0.1, 0.15) is 29.0 Å². The Labute approximate surface area is 172 Å². The van der Waals surface area contributed by atoms with E-state index in [1.54, 1.807) is 18.2 Å². The lowest BCUT2D eigenvalue weighted by molar-refractivity contribution is -0.384. The number of nitro groups is 1. The van der Waals surface area contributed by atoms with Crippen molar-refractivity contribution in [1.82, 2.24) is 0 Å². The summed E-state index contributed by atoms with van der Waals surface area (Å²) in [5, 5.41) is 22.6. The molecule has 1 heterocycles. The summed E-state index contributed by atoms with van der Waals surface area (Å²) >= 11 is 3.27. The number of anilines is 1. The van der Waals surface area contributed by atoms with E-state index < -0.39 is 16.6 Å². The van der Waals surface area contributed by atoms with Gasteiger partial charge in [0.25, 0.3) is 11.6 Å². The van der Waals surface area contributed by atoms with Crippen LogP contribution in [-0.4, -0.2) is 10.8 Å². The van der Waals surface area contributed by atoms with Crippen LogP contribution in [0.3, 0.4) is 0 Å². The Morgan fingerprint density at radius 3 is 2.55 bits per heavy atom. The largest absolute Gasteiger partial charge is 0.457 e. The van der Waals surface area contributed by atoms with Crippen molar-refractivity contribution in [2.75, 3.05) is 5.32 Å². The Balaban J connectivity index is 1.82. The van der Waals surface area contributed by atoms with Gasteiger partial charge in [0.2, 0.25) is 0 Å². The van der Waals surface area contributed by atoms with Crippen molar-refractivity contribution in [3.8, 4) is 17.4 Å². The monoisotopic (exact) mass is 455 g/mol. The summed E-state index contributed by atoms with van der Waals surface area (Å²) in [6.45, 7) is 0. The van der Waals surface area contributed by atoms with Crippen LogP contribution in [0, 0.1) is 27.3 Å². The molecule has 0 atom stereocenters. The van der Waals surface area contributed by atoms with Gasteiger partial charge in [-0.2, -0.15) is 5.26 Å². The van der Waals surface area contributed by atoms with E-state index in [9.17, 15) is 24.6 Å². The molecular formula is C20H11BrFN3O4. The van der Waals surface area contributed by atoms with Crippen LogP contribution in [0.25, 0.3) is 17.4 Å². The quantitative estimate of drug-likeness (QED) is 0.243. The van der Waals surface area contributed by atoms with E-state index in [1.165, 1.54) is 48.5 Å². The summed E-state index contributed by atoms with van der Waals surface area (Å²) < 4.78 is 19.0. The van der Waals surface area contributed by atoms with Crippen LogP contribution in [0.4, 0.5) is 15.8 Å². The minimum atomic E-state index is -0.673. The molecular weight excluding hydrogens is 445 g/mol. The fourth-order valence-corrected chi connectivity index (χ4v) is 2.98. The summed E-state index contributed by atoms with van der Waals surface area (Å²) in [4.78, 5) is 22.6. The van der Waals surface area contributed by atoms with Crippen LogP contribution in [0.5, 0.6) is 0 Å². The first-order valence-corrected chi connectivity index (χ1v) is 8.89. The Hall–Kier alpha value is -3.77. The minimum absolute atomic E-state index is 0.0727. The minimum Gasteiger partial charge on any atom is -0.457 e. The number of hydrogen-bond acceptors (Lipinski definition) is 5. The molecule has 0 spiro atoms. The average molecular weight is 456 g/mol. The molecule has 29 heavy (non-hydrogen) atoms. The van der Waals surface area contributed by atoms with Crippen LogP contribution in [0.2, 0.25) is 0 Å². The third-order valence-corrected chi connectivity index (χ3v) is 4.47. The first-order chi connectivity index (χ1) is 13.9. The van der Waals surface area contributed by atoms with Crippen LogP contribution >= 0.6 is 15.9 Å². The number of non-ortho nitro benzene ring substituents is 1. The molecule has 1 N–H and O–H groups in total. The fraction of sp³-hybridized carbons (Fsp3) is 0. The van der Waals surface area contributed by atoms with Crippen molar-refractivity contribution in [3.05, 3.63) is 86.3 Å². The molecule has 3 rings (SSSR count). The predicted octanol–water partition coefficient (Wildman–Crippen LogP) is 5.30. The molecule has 0 radical (unpaired) electrons. The second-order valence-corrected chi connectivity index (χ2v) is 6.61. The van der Waals surface area contributed by atoms with E-state index in [4.69, 9.17) is 4.42 Å². The van der Waals surface area contributed by atoms with Crippen LogP contribution in [-0.2, 0) is 4.79 Å². The predicted molar refractivity (Wildman–Crippen MR) is 107 cm³/mol. The molecule has 0 saturated carbocycles. The van der Waals surface area contributed by atoms with Gasteiger partial charge >= 0.3 is 0 Å². The van der Waals surface area contributed by atoms with Gasteiger partial charge in [-0.05, 0) is 58.4 Å². The van der Waals surface area contributed by atoms with Gasteiger partial charge in [0.05, 0.1) is 4.92 Å². The van der Waals surface area contributed by atoms with E-state index in [-0.39, 0.29) is 17.0 Å². The number of carbonyl (C=O) groups excluding carboxylic acids is 1. The highest BCUT2D eigenvalue weighted by Crippen LogP contribution is 2.33. The number of rotatable bonds is 5. The second-order valence-electron chi connectivity index (χ2n) is 5.75. The third-order valence-electron chi connectivity index (χ3n) is 3.81. The molecule has 1 amide bonds. The Morgan fingerprint density at radius 2 is 1.93 bits per heavy atom. The highest BCUT2D eigenvalue weighted by atomic mass is 79.9. The smallest absolute Gasteiger partial charge is 0.270 e. The number of nitriles is 1. The number of furan rings is 1. The molecule has 0 aliphatic heterocycles. The number of halogens is 2. The van der Waals surface area contributed by atoms with Crippen LogP contribution < -0.4 is 5.32 Å². The van der Waals surface area contributed by atoms with Crippen molar-refractivity contribution in [3.63, 3.8) is 0 Å². The first kappa shape index (κ1) is 20.0. The van der Waals surface area contributed by atoms with E-state index in [2.05, 4.69) is 21.2 Å². The summed E-state index contributed by atoms with van der Waals surface area (Å²) in [7, 11) is 0. The van der Waals surface area contributed by atoms with Crippen molar-refractivity contribution >= 4 is 39.3 Å². The summed E-state index contributed by atoms with van der Waals surface area (Å²) in [6, 6.07) is 14.3. The van der Waals surface area contributed by atoms with Gasteiger partial charge < -0.3 is 9.73 Å². The highest BCUT2D eigenvalue weighted by molar-refractivity contribution is 9.10.